The second-order valence-corrected chi connectivity index (χ2v) is 3.81. The third kappa shape index (κ3) is 2.09. The minimum absolute atomic E-state index is 0.142. The van der Waals surface area contributed by atoms with E-state index in [2.05, 4.69) is 4.98 Å². The first-order chi connectivity index (χ1) is 7.48. The first-order valence-electron chi connectivity index (χ1n) is 4.96. The molecule has 0 saturated heterocycles. The van der Waals surface area contributed by atoms with Gasteiger partial charge in [0, 0.05) is 24.0 Å². The Labute approximate surface area is 91.0 Å². The Bertz CT molecular complexity index is 423. The Balaban J connectivity index is 2.45. The number of pyridine rings is 1. The summed E-state index contributed by atoms with van der Waals surface area (Å²) in [6.45, 7) is 0. The minimum Gasteiger partial charge on any atom is -0.324 e. The normalized spacial score (nSPS) is 21.0. The fourth-order valence-corrected chi connectivity index (χ4v) is 1.87. The Hall–Kier alpha value is -1.36. The summed E-state index contributed by atoms with van der Waals surface area (Å²) in [7, 11) is 0. The van der Waals surface area contributed by atoms with Crippen molar-refractivity contribution in [2.75, 3.05) is 0 Å². The minimum atomic E-state index is -4.34. The van der Waals surface area contributed by atoms with Gasteiger partial charge in [-0.1, -0.05) is 6.08 Å². The van der Waals surface area contributed by atoms with E-state index >= 15 is 0 Å². The zero-order valence-corrected chi connectivity index (χ0v) is 8.46. The molecule has 2 nitrogen and oxygen atoms in total. The highest BCUT2D eigenvalue weighted by atomic mass is 19.4. The zero-order valence-electron chi connectivity index (χ0n) is 8.46. The van der Waals surface area contributed by atoms with Crippen molar-refractivity contribution in [2.24, 2.45) is 5.73 Å². The molecule has 1 aromatic rings. The van der Waals surface area contributed by atoms with Crippen LogP contribution in [0, 0.1) is 0 Å². The van der Waals surface area contributed by atoms with Gasteiger partial charge in [-0.2, -0.15) is 13.2 Å². The Morgan fingerprint density at radius 3 is 2.69 bits per heavy atom. The highest BCUT2D eigenvalue weighted by molar-refractivity contribution is 5.70. The van der Waals surface area contributed by atoms with Crippen molar-refractivity contribution in [1.82, 2.24) is 4.98 Å². The smallest absolute Gasteiger partial charge is 0.324 e. The lowest BCUT2D eigenvalue weighted by Crippen LogP contribution is -2.12. The number of alkyl halides is 3. The first kappa shape index (κ1) is 11.1. The van der Waals surface area contributed by atoms with Crippen molar-refractivity contribution in [1.29, 1.82) is 0 Å². The highest BCUT2D eigenvalue weighted by Crippen LogP contribution is 2.37. The molecule has 5 heteroatoms. The topological polar surface area (TPSA) is 38.9 Å². The summed E-state index contributed by atoms with van der Waals surface area (Å²) in [6.07, 6.45) is 1.03. The summed E-state index contributed by atoms with van der Waals surface area (Å²) in [6, 6.07) is 0.858. The predicted octanol–water partition coefficient (Wildman–Crippen LogP) is 2.60. The number of allylic oxidation sites excluding steroid dienone is 1. The number of nitrogens with zero attached hydrogens (tertiary/aromatic N) is 1. The van der Waals surface area contributed by atoms with Crippen LogP contribution in [0.2, 0.25) is 0 Å². The Morgan fingerprint density at radius 2 is 2.12 bits per heavy atom. The largest absolute Gasteiger partial charge is 0.417 e. The molecule has 1 atom stereocenters. The molecule has 0 amide bonds. The molecule has 2 rings (SSSR count). The lowest BCUT2D eigenvalue weighted by molar-refractivity contribution is -0.137. The lowest BCUT2D eigenvalue weighted by atomic mass is 10.0. The molecule has 0 spiro atoms. The van der Waals surface area contributed by atoms with Gasteiger partial charge in [-0.05, 0) is 24.5 Å². The molecule has 0 fully saturated rings. The van der Waals surface area contributed by atoms with E-state index in [1.54, 1.807) is 6.08 Å². The van der Waals surface area contributed by atoms with Crippen molar-refractivity contribution >= 4 is 5.57 Å². The quantitative estimate of drug-likeness (QED) is 0.802. The van der Waals surface area contributed by atoms with E-state index < -0.39 is 11.7 Å². The molecule has 0 aromatic carbocycles. The molecule has 1 aliphatic carbocycles. The SMILES string of the molecule is NC1C=C(c2cnccc2C(F)(F)F)CC1. The number of aromatic nitrogens is 1. The summed E-state index contributed by atoms with van der Waals surface area (Å²) in [5, 5.41) is 0. The number of rotatable bonds is 1. The summed E-state index contributed by atoms with van der Waals surface area (Å²) in [4.78, 5) is 3.75. The Kier molecular flexibility index (Phi) is 2.71. The number of halogens is 3. The van der Waals surface area contributed by atoms with Gasteiger partial charge in [0.2, 0.25) is 0 Å². The molecule has 0 saturated carbocycles. The van der Waals surface area contributed by atoms with E-state index in [-0.39, 0.29) is 11.6 Å². The fourth-order valence-electron chi connectivity index (χ4n) is 1.87. The van der Waals surface area contributed by atoms with Gasteiger partial charge in [-0.25, -0.2) is 0 Å². The third-order valence-corrected chi connectivity index (χ3v) is 2.63. The monoisotopic (exact) mass is 228 g/mol. The molecule has 0 radical (unpaired) electrons. The number of nitrogens with two attached hydrogens (primary N) is 1. The van der Waals surface area contributed by atoms with Gasteiger partial charge in [0.05, 0.1) is 5.56 Å². The van der Waals surface area contributed by atoms with Gasteiger partial charge >= 0.3 is 6.18 Å². The van der Waals surface area contributed by atoms with Crippen LogP contribution in [0.1, 0.15) is 24.0 Å². The Morgan fingerprint density at radius 1 is 1.38 bits per heavy atom. The molecule has 86 valence electrons. The fraction of sp³-hybridized carbons (Fsp3) is 0.364. The summed E-state index contributed by atoms with van der Waals surface area (Å²) < 4.78 is 38.1. The summed E-state index contributed by atoms with van der Waals surface area (Å²) in [5.74, 6) is 0. The molecule has 16 heavy (non-hydrogen) atoms. The maximum Gasteiger partial charge on any atom is 0.417 e. The van der Waals surface area contributed by atoms with E-state index in [0.29, 0.717) is 18.4 Å². The second-order valence-electron chi connectivity index (χ2n) is 3.81. The maximum absolute atomic E-state index is 12.7. The van der Waals surface area contributed by atoms with Crippen LogP contribution in [0.4, 0.5) is 13.2 Å². The van der Waals surface area contributed by atoms with E-state index in [4.69, 9.17) is 5.73 Å². The number of hydrogen-bond donors (Lipinski definition) is 1. The van der Waals surface area contributed by atoms with Gasteiger partial charge < -0.3 is 5.73 Å². The van der Waals surface area contributed by atoms with E-state index in [1.165, 1.54) is 6.20 Å². The molecule has 1 unspecified atom stereocenters. The average Bonchev–Trinajstić information content (AvgIpc) is 2.64. The van der Waals surface area contributed by atoms with Crippen molar-refractivity contribution in [2.45, 2.75) is 25.1 Å². The van der Waals surface area contributed by atoms with Crippen LogP contribution in [-0.2, 0) is 6.18 Å². The average molecular weight is 228 g/mol. The van der Waals surface area contributed by atoms with Crippen LogP contribution in [0.3, 0.4) is 0 Å². The van der Waals surface area contributed by atoms with Gasteiger partial charge in [0.1, 0.15) is 0 Å². The predicted molar refractivity (Wildman–Crippen MR) is 54.4 cm³/mol. The van der Waals surface area contributed by atoms with Crippen LogP contribution in [0.25, 0.3) is 5.57 Å². The third-order valence-electron chi connectivity index (χ3n) is 2.63. The van der Waals surface area contributed by atoms with E-state index in [9.17, 15) is 13.2 Å². The van der Waals surface area contributed by atoms with Crippen LogP contribution in [0.15, 0.2) is 24.5 Å². The molecule has 0 aliphatic heterocycles. The van der Waals surface area contributed by atoms with Crippen LogP contribution in [-0.4, -0.2) is 11.0 Å². The van der Waals surface area contributed by atoms with Crippen LogP contribution in [0.5, 0.6) is 0 Å². The van der Waals surface area contributed by atoms with Crippen LogP contribution >= 0.6 is 0 Å². The van der Waals surface area contributed by atoms with Gasteiger partial charge in [-0.3, -0.25) is 4.98 Å². The summed E-state index contributed by atoms with van der Waals surface area (Å²) >= 11 is 0. The van der Waals surface area contributed by atoms with Crippen molar-refractivity contribution < 1.29 is 13.2 Å². The van der Waals surface area contributed by atoms with Crippen molar-refractivity contribution in [3.8, 4) is 0 Å². The molecular formula is C11H11F3N2. The van der Waals surface area contributed by atoms with Crippen molar-refractivity contribution in [3.63, 3.8) is 0 Å². The van der Waals surface area contributed by atoms with Gasteiger partial charge in [-0.15, -0.1) is 0 Å². The number of hydrogen-bond acceptors (Lipinski definition) is 2. The molecule has 1 aromatic heterocycles. The molecule has 2 N–H and O–H groups in total. The second kappa shape index (κ2) is 3.90. The first-order valence-corrected chi connectivity index (χ1v) is 4.96. The lowest BCUT2D eigenvalue weighted by Gasteiger charge is -2.12. The molecule has 1 aliphatic rings. The van der Waals surface area contributed by atoms with Crippen LogP contribution < -0.4 is 5.73 Å². The van der Waals surface area contributed by atoms with Gasteiger partial charge in [0.25, 0.3) is 0 Å². The molecular weight excluding hydrogens is 217 g/mol. The maximum atomic E-state index is 12.7. The zero-order chi connectivity index (χ0) is 11.8. The standard InChI is InChI=1S/C11H11F3N2/c12-11(13,14)10-3-4-16-6-9(10)7-1-2-8(15)5-7/h3-6,8H,1-2,15H2. The molecule has 1 heterocycles. The highest BCUT2D eigenvalue weighted by Gasteiger charge is 2.34. The van der Waals surface area contributed by atoms with E-state index in [0.717, 1.165) is 12.3 Å². The van der Waals surface area contributed by atoms with Gasteiger partial charge in [0.15, 0.2) is 0 Å². The van der Waals surface area contributed by atoms with E-state index in [1.807, 2.05) is 0 Å². The summed E-state index contributed by atoms with van der Waals surface area (Å²) in [5.41, 5.74) is 5.81. The molecule has 0 bridgehead atoms. The van der Waals surface area contributed by atoms with Crippen molar-refractivity contribution in [3.05, 3.63) is 35.7 Å².